The van der Waals surface area contributed by atoms with Gasteiger partial charge in [-0.1, -0.05) is 30.3 Å². The molecule has 0 radical (unpaired) electrons. The first-order valence-electron chi connectivity index (χ1n) is 10.7. The van der Waals surface area contributed by atoms with Gasteiger partial charge in [-0.05, 0) is 29.7 Å². The van der Waals surface area contributed by atoms with Crippen molar-refractivity contribution in [1.29, 1.82) is 0 Å². The highest BCUT2D eigenvalue weighted by Crippen LogP contribution is 2.20. The van der Waals surface area contributed by atoms with E-state index in [1.807, 2.05) is 30.3 Å². The quantitative estimate of drug-likeness (QED) is 0.282. The minimum Gasteiger partial charge on any atom is -0.473 e. The number of nitrogens with zero attached hydrogens (tertiary/aromatic N) is 3. The van der Waals surface area contributed by atoms with E-state index in [1.54, 1.807) is 18.3 Å². The maximum Gasteiger partial charge on any atom is 0.419 e. The van der Waals surface area contributed by atoms with Crippen LogP contribution in [0.15, 0.2) is 76.1 Å². The second-order valence-corrected chi connectivity index (χ2v) is 7.59. The van der Waals surface area contributed by atoms with Crippen molar-refractivity contribution in [2.24, 2.45) is 0 Å². The summed E-state index contributed by atoms with van der Waals surface area (Å²) in [6.07, 6.45) is 2.23. The number of benzene rings is 2. The lowest BCUT2D eigenvalue weighted by Crippen LogP contribution is -2.23. The summed E-state index contributed by atoms with van der Waals surface area (Å²) in [5.41, 5.74) is 2.33. The molecule has 1 N–H and O–H groups in total. The average molecular weight is 462 g/mol. The number of hydrogen-bond acceptors (Lipinski definition) is 7. The van der Waals surface area contributed by atoms with Crippen molar-refractivity contribution in [3.05, 3.63) is 98.7 Å². The predicted octanol–water partition coefficient (Wildman–Crippen LogP) is 3.57. The Bertz CT molecular complexity index is 1360. The molecule has 174 valence electrons. The second-order valence-electron chi connectivity index (χ2n) is 7.59. The SMILES string of the molecule is O=C(CCCn1c(=O)oc2cc([N+](=O)[O-])ccc21)NCc1ccnc(OCc2ccccc2)c1. The summed E-state index contributed by atoms with van der Waals surface area (Å²) in [5.74, 6) is -0.308. The minimum atomic E-state index is -0.615. The van der Waals surface area contributed by atoms with Crippen LogP contribution in [0.2, 0.25) is 0 Å². The van der Waals surface area contributed by atoms with Gasteiger partial charge in [-0.2, -0.15) is 0 Å². The minimum absolute atomic E-state index is 0.145. The van der Waals surface area contributed by atoms with Crippen molar-refractivity contribution >= 4 is 22.7 Å². The van der Waals surface area contributed by atoms with Crippen LogP contribution < -0.4 is 15.8 Å². The highest BCUT2D eigenvalue weighted by Gasteiger charge is 2.14. The molecule has 0 saturated heterocycles. The normalized spacial score (nSPS) is 10.8. The zero-order chi connectivity index (χ0) is 23.9. The number of nitro groups is 1. The number of ether oxygens (including phenoxy) is 1. The molecule has 0 atom stereocenters. The van der Waals surface area contributed by atoms with E-state index in [0.717, 1.165) is 11.1 Å². The van der Waals surface area contributed by atoms with Crippen LogP contribution in [-0.4, -0.2) is 20.4 Å². The molecule has 0 fully saturated rings. The van der Waals surface area contributed by atoms with E-state index in [0.29, 0.717) is 31.0 Å². The number of hydrogen-bond donors (Lipinski definition) is 1. The van der Waals surface area contributed by atoms with E-state index in [4.69, 9.17) is 9.15 Å². The molecule has 2 heterocycles. The Morgan fingerprint density at radius 1 is 1.12 bits per heavy atom. The number of carbonyl (C=O) groups excluding carboxylic acids is 1. The molecule has 0 aliphatic rings. The van der Waals surface area contributed by atoms with E-state index < -0.39 is 10.7 Å². The maximum atomic E-state index is 12.3. The Kier molecular flexibility index (Phi) is 6.97. The van der Waals surface area contributed by atoms with Crippen LogP contribution in [0.4, 0.5) is 5.69 Å². The van der Waals surface area contributed by atoms with Crippen LogP contribution in [0.1, 0.15) is 24.0 Å². The molecule has 4 rings (SSSR count). The first-order chi connectivity index (χ1) is 16.5. The molecule has 0 bridgehead atoms. The molecule has 0 spiro atoms. The molecule has 0 aliphatic carbocycles. The topological polar surface area (TPSA) is 130 Å². The first-order valence-corrected chi connectivity index (χ1v) is 10.7. The lowest BCUT2D eigenvalue weighted by atomic mass is 10.2. The van der Waals surface area contributed by atoms with Gasteiger partial charge in [0.1, 0.15) is 6.61 Å². The Hall–Kier alpha value is -4.47. The van der Waals surface area contributed by atoms with Crippen LogP contribution >= 0.6 is 0 Å². The molecule has 2 aromatic heterocycles. The van der Waals surface area contributed by atoms with Gasteiger partial charge in [0, 0.05) is 37.8 Å². The number of amides is 1. The van der Waals surface area contributed by atoms with Crippen molar-refractivity contribution in [3.8, 4) is 5.88 Å². The van der Waals surface area contributed by atoms with Gasteiger partial charge in [0.05, 0.1) is 16.5 Å². The molecule has 4 aromatic rings. The molecule has 0 aliphatic heterocycles. The fourth-order valence-electron chi connectivity index (χ4n) is 3.44. The van der Waals surface area contributed by atoms with E-state index in [-0.39, 0.29) is 30.1 Å². The van der Waals surface area contributed by atoms with Crippen LogP contribution in [0.25, 0.3) is 11.1 Å². The number of nitro benzene ring substituents is 1. The number of fused-ring (bicyclic) bond motifs is 1. The third-order valence-electron chi connectivity index (χ3n) is 5.17. The van der Waals surface area contributed by atoms with Gasteiger partial charge in [-0.15, -0.1) is 0 Å². The van der Waals surface area contributed by atoms with Crippen molar-refractivity contribution in [2.75, 3.05) is 0 Å². The first kappa shape index (κ1) is 22.7. The lowest BCUT2D eigenvalue weighted by molar-refractivity contribution is -0.384. The van der Waals surface area contributed by atoms with Crippen LogP contribution in [0.5, 0.6) is 5.88 Å². The fraction of sp³-hybridized carbons (Fsp3) is 0.208. The van der Waals surface area contributed by atoms with E-state index in [1.165, 1.54) is 22.8 Å². The molecule has 34 heavy (non-hydrogen) atoms. The second kappa shape index (κ2) is 10.4. The molecule has 2 aromatic carbocycles. The number of aryl methyl sites for hydroxylation is 1. The summed E-state index contributed by atoms with van der Waals surface area (Å²) in [6, 6.07) is 17.3. The van der Waals surface area contributed by atoms with Gasteiger partial charge in [0.15, 0.2) is 5.58 Å². The number of carbonyl (C=O) groups is 1. The number of nitrogens with one attached hydrogen (secondary N) is 1. The third kappa shape index (κ3) is 5.66. The van der Waals surface area contributed by atoms with Gasteiger partial charge in [0.25, 0.3) is 5.69 Å². The summed E-state index contributed by atoms with van der Waals surface area (Å²) in [7, 11) is 0. The Balaban J connectivity index is 1.26. The summed E-state index contributed by atoms with van der Waals surface area (Å²) in [5, 5.41) is 13.7. The van der Waals surface area contributed by atoms with Crippen LogP contribution in [-0.2, 0) is 24.5 Å². The molecule has 10 heteroatoms. The number of aromatic nitrogens is 2. The van der Waals surface area contributed by atoms with Gasteiger partial charge in [0.2, 0.25) is 11.8 Å². The average Bonchev–Trinajstić information content (AvgIpc) is 3.16. The number of oxazole rings is 1. The summed E-state index contributed by atoms with van der Waals surface area (Å²) in [4.78, 5) is 38.9. The Morgan fingerprint density at radius 2 is 1.94 bits per heavy atom. The van der Waals surface area contributed by atoms with Crippen molar-refractivity contribution in [1.82, 2.24) is 14.9 Å². The summed E-state index contributed by atoms with van der Waals surface area (Å²) >= 11 is 0. The molecular weight excluding hydrogens is 440 g/mol. The van der Waals surface area contributed by atoms with Crippen molar-refractivity contribution < 1.29 is 18.9 Å². The monoisotopic (exact) mass is 462 g/mol. The van der Waals surface area contributed by atoms with Crippen molar-refractivity contribution in [2.45, 2.75) is 32.5 Å². The summed E-state index contributed by atoms with van der Waals surface area (Å²) < 4.78 is 12.2. The maximum absolute atomic E-state index is 12.3. The molecule has 1 amide bonds. The van der Waals surface area contributed by atoms with Gasteiger partial charge >= 0.3 is 5.76 Å². The third-order valence-corrected chi connectivity index (χ3v) is 5.17. The lowest BCUT2D eigenvalue weighted by Gasteiger charge is -2.08. The fourth-order valence-corrected chi connectivity index (χ4v) is 3.44. The summed E-state index contributed by atoms with van der Waals surface area (Å²) in [6.45, 7) is 0.976. The predicted molar refractivity (Wildman–Crippen MR) is 123 cm³/mol. The standard InChI is InChI=1S/C24H22N4O6/c29-22(7-4-12-27-20-9-8-19(28(31)32)14-21(20)34-24(27)30)26-15-18-10-11-25-23(13-18)33-16-17-5-2-1-3-6-17/h1-3,5-6,8-11,13-14H,4,7,12,15-16H2,(H,26,29). The van der Waals surface area contributed by atoms with E-state index >= 15 is 0 Å². The van der Waals surface area contributed by atoms with E-state index in [2.05, 4.69) is 10.3 Å². The zero-order valence-electron chi connectivity index (χ0n) is 18.2. The molecular formula is C24H22N4O6. The highest BCUT2D eigenvalue weighted by molar-refractivity contribution is 5.76. The largest absolute Gasteiger partial charge is 0.473 e. The number of rotatable bonds is 10. The van der Waals surface area contributed by atoms with Crippen molar-refractivity contribution in [3.63, 3.8) is 0 Å². The smallest absolute Gasteiger partial charge is 0.419 e. The van der Waals surface area contributed by atoms with Gasteiger partial charge in [-0.25, -0.2) is 9.78 Å². The van der Waals surface area contributed by atoms with E-state index in [9.17, 15) is 19.7 Å². The molecule has 0 saturated carbocycles. The van der Waals surface area contributed by atoms with Crippen LogP contribution in [0, 0.1) is 10.1 Å². The molecule has 10 nitrogen and oxygen atoms in total. The van der Waals surface area contributed by atoms with Gasteiger partial charge in [-0.3, -0.25) is 19.5 Å². The highest BCUT2D eigenvalue weighted by atomic mass is 16.6. The Morgan fingerprint density at radius 3 is 2.74 bits per heavy atom. The zero-order valence-corrected chi connectivity index (χ0v) is 18.2. The Labute approximate surface area is 193 Å². The number of non-ortho nitro benzene ring substituents is 1. The molecule has 0 unspecified atom stereocenters. The number of pyridine rings is 1. The van der Waals surface area contributed by atoms with Gasteiger partial charge < -0.3 is 14.5 Å². The van der Waals surface area contributed by atoms with Crippen LogP contribution in [0.3, 0.4) is 0 Å².